The highest BCUT2D eigenvalue weighted by Crippen LogP contribution is 2.39. The van der Waals surface area contributed by atoms with E-state index in [1.54, 1.807) is 6.07 Å². The predicted molar refractivity (Wildman–Crippen MR) is 63.2 cm³/mol. The van der Waals surface area contributed by atoms with Gasteiger partial charge in [-0.15, -0.1) is 0 Å². The van der Waals surface area contributed by atoms with E-state index in [9.17, 15) is 13.6 Å². The first-order chi connectivity index (χ1) is 8.27. The van der Waals surface area contributed by atoms with Gasteiger partial charge in [0.1, 0.15) is 12.2 Å². The molecule has 100 valence electrons. The Labute approximate surface area is 104 Å². The Morgan fingerprint density at radius 1 is 1.44 bits per heavy atom. The molecule has 0 heterocycles. The Balaban J connectivity index is 3.26. The first kappa shape index (κ1) is 14.4. The first-order valence-electron chi connectivity index (χ1n) is 5.56. The number of ether oxygens (including phenoxy) is 1. The standard InChI is InChI=1S/C13H16F2O3/c1-8(2)9-4-5-11(18-3)10(6-9)13(14,15)7-12(16)17/h4-6,8H,7H2,1-3H3,(H,16,17). The number of benzene rings is 1. The average Bonchev–Trinajstić information content (AvgIpc) is 2.26. The van der Waals surface area contributed by atoms with Gasteiger partial charge >= 0.3 is 5.97 Å². The minimum absolute atomic E-state index is 0.00523. The largest absolute Gasteiger partial charge is 0.496 e. The van der Waals surface area contributed by atoms with Crippen molar-refractivity contribution in [2.75, 3.05) is 7.11 Å². The maximum atomic E-state index is 13.8. The van der Waals surface area contributed by atoms with Crippen LogP contribution in [0.1, 0.15) is 37.3 Å². The molecule has 0 saturated carbocycles. The Morgan fingerprint density at radius 2 is 2.06 bits per heavy atom. The van der Waals surface area contributed by atoms with Crippen LogP contribution in [-0.2, 0) is 10.7 Å². The van der Waals surface area contributed by atoms with Crippen molar-refractivity contribution in [2.24, 2.45) is 0 Å². The molecule has 1 rings (SSSR count). The van der Waals surface area contributed by atoms with Crippen LogP contribution in [0.2, 0.25) is 0 Å². The van der Waals surface area contributed by atoms with E-state index in [1.807, 2.05) is 13.8 Å². The van der Waals surface area contributed by atoms with Crippen molar-refractivity contribution in [3.8, 4) is 5.75 Å². The van der Waals surface area contributed by atoms with Crippen LogP contribution in [-0.4, -0.2) is 18.2 Å². The van der Waals surface area contributed by atoms with Gasteiger partial charge in [0.05, 0.1) is 12.7 Å². The van der Waals surface area contributed by atoms with Crippen LogP contribution in [0.3, 0.4) is 0 Å². The third-order valence-corrected chi connectivity index (χ3v) is 2.66. The second kappa shape index (κ2) is 5.33. The Morgan fingerprint density at radius 3 is 2.50 bits per heavy atom. The Hall–Kier alpha value is -1.65. The number of hydrogen-bond donors (Lipinski definition) is 1. The van der Waals surface area contributed by atoms with E-state index >= 15 is 0 Å². The van der Waals surface area contributed by atoms with Gasteiger partial charge < -0.3 is 9.84 Å². The van der Waals surface area contributed by atoms with E-state index in [4.69, 9.17) is 9.84 Å². The summed E-state index contributed by atoms with van der Waals surface area (Å²) in [5.74, 6) is -4.90. The average molecular weight is 258 g/mol. The van der Waals surface area contributed by atoms with Crippen LogP contribution >= 0.6 is 0 Å². The Bertz CT molecular complexity index is 442. The summed E-state index contributed by atoms with van der Waals surface area (Å²) in [6.07, 6.45) is -1.25. The number of hydrogen-bond acceptors (Lipinski definition) is 2. The molecule has 5 heteroatoms. The smallest absolute Gasteiger partial charge is 0.309 e. The zero-order valence-electron chi connectivity index (χ0n) is 10.5. The molecule has 0 aromatic heterocycles. The molecule has 0 unspecified atom stereocenters. The fourth-order valence-corrected chi connectivity index (χ4v) is 1.66. The molecular formula is C13H16F2O3. The van der Waals surface area contributed by atoms with E-state index in [0.29, 0.717) is 0 Å². The topological polar surface area (TPSA) is 46.5 Å². The number of rotatable bonds is 5. The van der Waals surface area contributed by atoms with Gasteiger partial charge in [-0.1, -0.05) is 19.9 Å². The zero-order valence-corrected chi connectivity index (χ0v) is 10.5. The number of carboxylic acid groups (broad SMARTS) is 1. The van der Waals surface area contributed by atoms with Gasteiger partial charge in [0.2, 0.25) is 0 Å². The molecule has 0 atom stereocenters. The molecule has 18 heavy (non-hydrogen) atoms. The van der Waals surface area contributed by atoms with E-state index < -0.39 is 18.3 Å². The summed E-state index contributed by atoms with van der Waals surface area (Å²) in [4.78, 5) is 10.5. The molecule has 0 spiro atoms. The van der Waals surface area contributed by atoms with Crippen LogP contribution < -0.4 is 4.74 Å². The van der Waals surface area contributed by atoms with Crippen LogP contribution in [0.15, 0.2) is 18.2 Å². The molecule has 0 aliphatic carbocycles. The lowest BCUT2D eigenvalue weighted by Crippen LogP contribution is -2.19. The molecule has 0 radical (unpaired) electrons. The van der Waals surface area contributed by atoms with Gasteiger partial charge in [-0.25, -0.2) is 8.78 Å². The van der Waals surface area contributed by atoms with Crippen LogP contribution in [0, 0.1) is 0 Å². The van der Waals surface area contributed by atoms with Gasteiger partial charge in [-0.05, 0) is 23.6 Å². The maximum absolute atomic E-state index is 13.8. The number of halogens is 2. The van der Waals surface area contributed by atoms with E-state index in [0.717, 1.165) is 5.56 Å². The molecule has 1 N–H and O–H groups in total. The summed E-state index contributed by atoms with van der Waals surface area (Å²) < 4.78 is 32.5. The normalized spacial score (nSPS) is 11.7. The highest BCUT2D eigenvalue weighted by atomic mass is 19.3. The van der Waals surface area contributed by atoms with Crippen molar-refractivity contribution in [3.05, 3.63) is 29.3 Å². The molecule has 0 amide bonds. The van der Waals surface area contributed by atoms with Crippen molar-refractivity contribution in [3.63, 3.8) is 0 Å². The maximum Gasteiger partial charge on any atom is 0.309 e. The minimum atomic E-state index is -3.44. The summed E-state index contributed by atoms with van der Waals surface area (Å²) >= 11 is 0. The Kier molecular flexibility index (Phi) is 4.27. The third kappa shape index (κ3) is 3.18. The molecule has 0 aliphatic heterocycles. The summed E-state index contributed by atoms with van der Waals surface area (Å²) in [6.45, 7) is 3.75. The summed E-state index contributed by atoms with van der Waals surface area (Å²) in [5.41, 5.74) is 0.342. The van der Waals surface area contributed by atoms with Crippen LogP contribution in [0.5, 0.6) is 5.75 Å². The van der Waals surface area contributed by atoms with Crippen molar-refractivity contribution in [2.45, 2.75) is 32.1 Å². The monoisotopic (exact) mass is 258 g/mol. The quantitative estimate of drug-likeness (QED) is 0.880. The summed E-state index contributed by atoms with van der Waals surface area (Å²) in [7, 11) is 1.28. The number of carbonyl (C=O) groups is 1. The predicted octanol–water partition coefficient (Wildman–Crippen LogP) is 3.39. The summed E-state index contributed by atoms with van der Waals surface area (Å²) in [6, 6.07) is 4.46. The first-order valence-corrected chi connectivity index (χ1v) is 5.56. The number of alkyl halides is 2. The molecule has 1 aromatic rings. The fourth-order valence-electron chi connectivity index (χ4n) is 1.66. The van der Waals surface area contributed by atoms with Crippen LogP contribution in [0.25, 0.3) is 0 Å². The number of methoxy groups -OCH3 is 1. The van der Waals surface area contributed by atoms with E-state index in [2.05, 4.69) is 0 Å². The van der Waals surface area contributed by atoms with Crippen LogP contribution in [0.4, 0.5) is 8.78 Å². The van der Waals surface area contributed by atoms with Gasteiger partial charge in [0.15, 0.2) is 0 Å². The lowest BCUT2D eigenvalue weighted by atomic mass is 9.96. The second-order valence-electron chi connectivity index (χ2n) is 4.39. The number of carboxylic acids is 1. The molecule has 0 aliphatic rings. The third-order valence-electron chi connectivity index (χ3n) is 2.66. The molecule has 0 saturated heterocycles. The van der Waals surface area contributed by atoms with Crippen molar-refractivity contribution in [1.29, 1.82) is 0 Å². The second-order valence-corrected chi connectivity index (χ2v) is 4.39. The zero-order chi connectivity index (χ0) is 13.9. The van der Waals surface area contributed by atoms with Crippen molar-refractivity contribution >= 4 is 5.97 Å². The van der Waals surface area contributed by atoms with Crippen molar-refractivity contribution in [1.82, 2.24) is 0 Å². The highest BCUT2D eigenvalue weighted by Gasteiger charge is 2.37. The van der Waals surface area contributed by atoms with E-state index in [1.165, 1.54) is 19.2 Å². The fraction of sp³-hybridized carbons (Fsp3) is 0.462. The lowest BCUT2D eigenvalue weighted by Gasteiger charge is -2.19. The van der Waals surface area contributed by atoms with Gasteiger partial charge in [-0.3, -0.25) is 4.79 Å². The lowest BCUT2D eigenvalue weighted by molar-refractivity contribution is -0.145. The molecule has 0 bridgehead atoms. The molecule has 1 aromatic carbocycles. The van der Waals surface area contributed by atoms with Gasteiger partial charge in [0.25, 0.3) is 5.92 Å². The van der Waals surface area contributed by atoms with Gasteiger partial charge in [-0.2, -0.15) is 0 Å². The minimum Gasteiger partial charge on any atom is -0.496 e. The van der Waals surface area contributed by atoms with E-state index in [-0.39, 0.29) is 17.2 Å². The number of aliphatic carboxylic acids is 1. The summed E-state index contributed by atoms with van der Waals surface area (Å²) in [5, 5.41) is 8.53. The SMILES string of the molecule is COc1ccc(C(C)C)cc1C(F)(F)CC(=O)O. The molecule has 3 nitrogen and oxygen atoms in total. The van der Waals surface area contributed by atoms with Crippen molar-refractivity contribution < 1.29 is 23.4 Å². The molecular weight excluding hydrogens is 242 g/mol. The van der Waals surface area contributed by atoms with Gasteiger partial charge in [0, 0.05) is 0 Å². The highest BCUT2D eigenvalue weighted by molar-refractivity contribution is 5.68. The molecule has 0 fully saturated rings.